The van der Waals surface area contributed by atoms with Crippen LogP contribution in [0.3, 0.4) is 0 Å². The Morgan fingerprint density at radius 2 is 1.67 bits per heavy atom. The number of hydrogen-bond acceptors (Lipinski definition) is 3. The molecule has 0 saturated heterocycles. The largest absolute Gasteiger partial charge is 0.493 e. The third-order valence-electron chi connectivity index (χ3n) is 4.49. The monoisotopic (exact) mass is 511 g/mol. The molecule has 0 radical (unpaired) electrons. The average Bonchev–Trinajstić information content (AvgIpc) is 2.73. The van der Waals surface area contributed by atoms with E-state index in [9.17, 15) is 4.39 Å². The Kier molecular flexibility index (Phi) is 8.40. The van der Waals surface area contributed by atoms with E-state index >= 15 is 0 Å². The predicted molar refractivity (Wildman–Crippen MR) is 123 cm³/mol. The summed E-state index contributed by atoms with van der Waals surface area (Å²) in [5, 5.41) is 4.40. The van der Waals surface area contributed by atoms with Crippen LogP contribution in [0.15, 0.2) is 59.1 Å². The lowest BCUT2D eigenvalue weighted by Gasteiger charge is -2.15. The van der Waals surface area contributed by atoms with Gasteiger partial charge in [-0.2, -0.15) is 0 Å². The van der Waals surface area contributed by atoms with Crippen LogP contribution in [0.5, 0.6) is 11.5 Å². The molecule has 3 aromatic carbocycles. The van der Waals surface area contributed by atoms with Crippen molar-refractivity contribution < 1.29 is 13.9 Å². The van der Waals surface area contributed by atoms with Gasteiger partial charge in [0, 0.05) is 6.54 Å². The van der Waals surface area contributed by atoms with E-state index in [-0.39, 0.29) is 5.82 Å². The number of methoxy groups -OCH3 is 1. The fraction of sp³-hybridized carbons (Fsp3) is 0.217. The van der Waals surface area contributed by atoms with Gasteiger partial charge in [0.15, 0.2) is 11.5 Å². The summed E-state index contributed by atoms with van der Waals surface area (Å²) in [5.41, 5.74) is 3.05. The fourth-order valence-corrected chi connectivity index (χ4v) is 3.84. The highest BCUT2D eigenvalue weighted by atomic mass is 79.9. The molecule has 0 bridgehead atoms. The van der Waals surface area contributed by atoms with Crippen LogP contribution in [-0.2, 0) is 19.6 Å². The Bertz CT molecular complexity index is 999. The minimum atomic E-state index is -0.217. The summed E-state index contributed by atoms with van der Waals surface area (Å²) in [5.74, 6) is 1.04. The molecule has 0 heterocycles. The van der Waals surface area contributed by atoms with Crippen LogP contribution in [0.1, 0.15) is 16.7 Å². The van der Waals surface area contributed by atoms with Crippen molar-refractivity contribution >= 4 is 39.1 Å². The van der Waals surface area contributed by atoms with E-state index in [1.807, 2.05) is 18.2 Å². The molecule has 3 nitrogen and oxygen atoms in total. The van der Waals surface area contributed by atoms with Crippen molar-refractivity contribution in [1.29, 1.82) is 0 Å². The third-order valence-corrected chi connectivity index (χ3v) is 5.82. The van der Waals surface area contributed by atoms with Gasteiger partial charge in [-0.05, 0) is 82.0 Å². The molecule has 0 aliphatic rings. The molecule has 3 rings (SSSR count). The van der Waals surface area contributed by atoms with Crippen LogP contribution >= 0.6 is 39.1 Å². The van der Waals surface area contributed by atoms with Crippen molar-refractivity contribution in [2.45, 2.75) is 19.6 Å². The first kappa shape index (κ1) is 22.9. The highest BCUT2D eigenvalue weighted by Crippen LogP contribution is 2.37. The quantitative estimate of drug-likeness (QED) is 0.319. The summed E-state index contributed by atoms with van der Waals surface area (Å²) in [7, 11) is 1.61. The van der Waals surface area contributed by atoms with E-state index in [0.29, 0.717) is 34.7 Å². The summed E-state index contributed by atoms with van der Waals surface area (Å²) < 4.78 is 25.3. The van der Waals surface area contributed by atoms with E-state index in [0.717, 1.165) is 34.1 Å². The molecule has 30 heavy (non-hydrogen) atoms. The number of rotatable bonds is 9. The van der Waals surface area contributed by atoms with Crippen LogP contribution in [0.25, 0.3) is 0 Å². The molecule has 0 unspecified atom stereocenters. The third kappa shape index (κ3) is 6.35. The van der Waals surface area contributed by atoms with E-state index in [4.69, 9.17) is 32.7 Å². The van der Waals surface area contributed by atoms with Gasteiger partial charge in [-0.15, -0.1) is 0 Å². The molecule has 3 aromatic rings. The molecule has 7 heteroatoms. The smallest absolute Gasteiger partial charge is 0.175 e. The second kappa shape index (κ2) is 11.0. The molecule has 0 aliphatic carbocycles. The molecule has 0 fully saturated rings. The minimum Gasteiger partial charge on any atom is -0.493 e. The maximum Gasteiger partial charge on any atom is 0.175 e. The van der Waals surface area contributed by atoms with Crippen LogP contribution < -0.4 is 14.8 Å². The zero-order chi connectivity index (χ0) is 21.5. The van der Waals surface area contributed by atoms with Gasteiger partial charge in [-0.3, -0.25) is 0 Å². The van der Waals surface area contributed by atoms with Crippen molar-refractivity contribution in [2.75, 3.05) is 13.7 Å². The van der Waals surface area contributed by atoms with Gasteiger partial charge in [0.2, 0.25) is 0 Å². The molecule has 158 valence electrons. The topological polar surface area (TPSA) is 30.5 Å². The lowest BCUT2D eigenvalue weighted by atomic mass is 10.1. The maximum atomic E-state index is 13.0. The Labute approximate surface area is 194 Å². The Morgan fingerprint density at radius 3 is 2.37 bits per heavy atom. The lowest BCUT2D eigenvalue weighted by molar-refractivity contribution is 0.282. The summed E-state index contributed by atoms with van der Waals surface area (Å²) in [6.45, 7) is 1.78. The highest BCUT2D eigenvalue weighted by molar-refractivity contribution is 9.10. The van der Waals surface area contributed by atoms with Gasteiger partial charge >= 0.3 is 0 Å². The highest BCUT2D eigenvalue weighted by Gasteiger charge is 2.12. The molecular weight excluding hydrogens is 492 g/mol. The van der Waals surface area contributed by atoms with Crippen molar-refractivity contribution in [3.63, 3.8) is 0 Å². The summed E-state index contributed by atoms with van der Waals surface area (Å²) in [6, 6.07) is 15.9. The van der Waals surface area contributed by atoms with Gasteiger partial charge in [-0.25, -0.2) is 4.39 Å². The maximum absolute atomic E-state index is 13.0. The number of benzene rings is 3. The number of ether oxygens (including phenoxy) is 2. The molecule has 0 spiro atoms. The predicted octanol–water partition coefficient (Wildman–Crippen LogP) is 6.81. The second-order valence-electron chi connectivity index (χ2n) is 6.70. The van der Waals surface area contributed by atoms with E-state index in [1.165, 1.54) is 12.1 Å². The molecule has 0 aromatic heterocycles. The SMILES string of the molecule is COc1cc(CNCCc2ccc(F)cc2)cc(Br)c1OCc1ccc(Cl)c(Cl)c1. The molecule has 0 amide bonds. The Hall–Kier alpha value is -1.79. The second-order valence-corrected chi connectivity index (χ2v) is 8.37. The molecule has 0 atom stereocenters. The Morgan fingerprint density at radius 1 is 0.933 bits per heavy atom. The zero-order valence-electron chi connectivity index (χ0n) is 16.4. The van der Waals surface area contributed by atoms with Gasteiger partial charge < -0.3 is 14.8 Å². The molecule has 1 N–H and O–H groups in total. The lowest BCUT2D eigenvalue weighted by Crippen LogP contribution is -2.16. The van der Waals surface area contributed by atoms with Crippen molar-refractivity contribution in [2.24, 2.45) is 0 Å². The first-order valence-corrected chi connectivity index (χ1v) is 10.9. The first-order chi connectivity index (χ1) is 14.5. The van der Waals surface area contributed by atoms with Crippen molar-refractivity contribution in [1.82, 2.24) is 5.32 Å². The average molecular weight is 513 g/mol. The summed E-state index contributed by atoms with van der Waals surface area (Å²) in [6.07, 6.45) is 0.823. The van der Waals surface area contributed by atoms with Crippen molar-refractivity contribution in [3.05, 3.63) is 91.6 Å². The first-order valence-electron chi connectivity index (χ1n) is 9.34. The number of halogens is 4. The molecule has 0 saturated carbocycles. The van der Waals surface area contributed by atoms with Gasteiger partial charge in [-0.1, -0.05) is 41.4 Å². The van der Waals surface area contributed by atoms with Gasteiger partial charge in [0.25, 0.3) is 0 Å². The van der Waals surface area contributed by atoms with Crippen molar-refractivity contribution in [3.8, 4) is 11.5 Å². The summed E-state index contributed by atoms with van der Waals surface area (Å²) >= 11 is 15.6. The van der Waals surface area contributed by atoms with E-state index in [2.05, 4.69) is 21.2 Å². The van der Waals surface area contributed by atoms with Crippen LogP contribution in [-0.4, -0.2) is 13.7 Å². The minimum absolute atomic E-state index is 0.217. The fourth-order valence-electron chi connectivity index (χ4n) is 2.92. The van der Waals surface area contributed by atoms with E-state index < -0.39 is 0 Å². The molecular formula is C23H21BrCl2FNO2. The van der Waals surface area contributed by atoms with E-state index in [1.54, 1.807) is 31.4 Å². The standard InChI is InChI=1S/C23H21BrCl2FNO2/c1-29-22-12-17(13-28-9-8-15-2-5-18(27)6-3-15)10-19(24)23(22)30-14-16-4-7-20(25)21(26)11-16/h2-7,10-12,28H,8-9,13-14H2,1H3. The molecule has 0 aliphatic heterocycles. The van der Waals surface area contributed by atoms with Crippen LogP contribution in [0, 0.1) is 5.82 Å². The van der Waals surface area contributed by atoms with Gasteiger partial charge in [0.05, 0.1) is 21.6 Å². The number of nitrogens with one attached hydrogen (secondary N) is 1. The van der Waals surface area contributed by atoms with Crippen LogP contribution in [0.2, 0.25) is 10.0 Å². The normalized spacial score (nSPS) is 10.8. The number of hydrogen-bond donors (Lipinski definition) is 1. The van der Waals surface area contributed by atoms with Crippen LogP contribution in [0.4, 0.5) is 4.39 Å². The summed E-state index contributed by atoms with van der Waals surface area (Å²) in [4.78, 5) is 0. The van der Waals surface area contributed by atoms with Gasteiger partial charge in [0.1, 0.15) is 12.4 Å². The zero-order valence-corrected chi connectivity index (χ0v) is 19.5. The Balaban J connectivity index is 1.58.